The van der Waals surface area contributed by atoms with Crippen molar-refractivity contribution in [1.82, 2.24) is 10.0 Å². The van der Waals surface area contributed by atoms with Crippen LogP contribution in [-0.4, -0.2) is 26.3 Å². The molecule has 0 aromatic heterocycles. The summed E-state index contributed by atoms with van der Waals surface area (Å²) in [5.41, 5.74) is 2.11. The molecule has 1 rings (SSSR count). The van der Waals surface area contributed by atoms with E-state index in [4.69, 9.17) is 0 Å². The summed E-state index contributed by atoms with van der Waals surface area (Å²) in [6.45, 7) is 10.0. The first-order valence-corrected chi connectivity index (χ1v) is 8.58. The fourth-order valence-corrected chi connectivity index (χ4v) is 3.18. The van der Waals surface area contributed by atoms with Crippen LogP contribution in [0.5, 0.6) is 0 Å². The zero-order valence-corrected chi connectivity index (χ0v) is 13.8. The quantitative estimate of drug-likeness (QED) is 0.812. The topological polar surface area (TPSA) is 58.2 Å². The lowest BCUT2D eigenvalue weighted by Gasteiger charge is -2.21. The molecule has 0 aliphatic carbocycles. The highest BCUT2D eigenvalue weighted by Crippen LogP contribution is 2.18. The molecule has 0 saturated heterocycles. The molecule has 0 radical (unpaired) electrons. The standard InChI is InChI=1S/C15H26N2O2S/c1-11(2)16-10-13(4)20(18,19)17-14(5)15-9-7-6-8-12(15)3/h6-9,11,13-14,16-17H,10H2,1-5H3. The van der Waals surface area contributed by atoms with Crippen molar-refractivity contribution in [2.45, 2.75) is 52.0 Å². The van der Waals surface area contributed by atoms with E-state index in [1.165, 1.54) is 0 Å². The highest BCUT2D eigenvalue weighted by molar-refractivity contribution is 7.90. The summed E-state index contributed by atoms with van der Waals surface area (Å²) in [6.07, 6.45) is 0. The fourth-order valence-electron chi connectivity index (χ4n) is 2.01. The first-order valence-electron chi connectivity index (χ1n) is 7.04. The van der Waals surface area contributed by atoms with Gasteiger partial charge in [0.2, 0.25) is 10.0 Å². The van der Waals surface area contributed by atoms with Gasteiger partial charge in [-0.25, -0.2) is 13.1 Å². The number of hydrogen-bond donors (Lipinski definition) is 2. The summed E-state index contributed by atoms with van der Waals surface area (Å²) < 4.78 is 27.3. The molecule has 2 atom stereocenters. The van der Waals surface area contributed by atoms with E-state index in [9.17, 15) is 8.42 Å². The molecule has 1 aromatic rings. The third-order valence-electron chi connectivity index (χ3n) is 3.34. The summed E-state index contributed by atoms with van der Waals surface area (Å²) in [5.74, 6) is 0. The molecule has 114 valence electrons. The Hall–Kier alpha value is -0.910. The minimum atomic E-state index is -3.33. The normalized spacial score (nSPS) is 15.3. The fraction of sp³-hybridized carbons (Fsp3) is 0.600. The van der Waals surface area contributed by atoms with Crippen LogP contribution in [0.3, 0.4) is 0 Å². The number of hydrogen-bond acceptors (Lipinski definition) is 3. The van der Waals surface area contributed by atoms with Gasteiger partial charge in [0.05, 0.1) is 5.25 Å². The predicted octanol–water partition coefficient (Wildman–Crippen LogP) is 2.36. The zero-order valence-electron chi connectivity index (χ0n) is 13.0. The molecule has 0 saturated carbocycles. The highest BCUT2D eigenvalue weighted by Gasteiger charge is 2.23. The average molecular weight is 298 g/mol. The third-order valence-corrected chi connectivity index (χ3v) is 5.25. The van der Waals surface area contributed by atoms with Crippen LogP contribution >= 0.6 is 0 Å². The zero-order chi connectivity index (χ0) is 15.3. The SMILES string of the molecule is Cc1ccccc1C(C)NS(=O)(=O)C(C)CNC(C)C. The maximum Gasteiger partial charge on any atom is 0.216 e. The number of nitrogens with one attached hydrogen (secondary N) is 2. The molecule has 0 bridgehead atoms. The lowest BCUT2D eigenvalue weighted by Crippen LogP contribution is -2.41. The van der Waals surface area contributed by atoms with Gasteiger partial charge in [0.25, 0.3) is 0 Å². The maximum atomic E-state index is 12.3. The van der Waals surface area contributed by atoms with Crippen molar-refractivity contribution in [3.8, 4) is 0 Å². The van der Waals surface area contributed by atoms with Crippen LogP contribution in [0, 0.1) is 6.92 Å². The monoisotopic (exact) mass is 298 g/mol. The van der Waals surface area contributed by atoms with Crippen molar-refractivity contribution in [2.75, 3.05) is 6.54 Å². The molecule has 5 heteroatoms. The molecule has 20 heavy (non-hydrogen) atoms. The minimum Gasteiger partial charge on any atom is -0.313 e. The van der Waals surface area contributed by atoms with E-state index in [2.05, 4.69) is 10.0 Å². The number of aryl methyl sites for hydroxylation is 1. The van der Waals surface area contributed by atoms with Gasteiger partial charge in [-0.05, 0) is 31.9 Å². The molecular weight excluding hydrogens is 272 g/mol. The summed E-state index contributed by atoms with van der Waals surface area (Å²) >= 11 is 0. The Labute approximate surface area is 123 Å². The van der Waals surface area contributed by atoms with Crippen LogP contribution in [0.25, 0.3) is 0 Å². The molecule has 2 N–H and O–H groups in total. The van der Waals surface area contributed by atoms with Crippen molar-refractivity contribution >= 4 is 10.0 Å². The molecular formula is C15H26N2O2S. The smallest absolute Gasteiger partial charge is 0.216 e. The Morgan fingerprint density at radius 2 is 1.70 bits per heavy atom. The van der Waals surface area contributed by atoms with Crippen molar-refractivity contribution in [3.05, 3.63) is 35.4 Å². The molecule has 0 aliphatic rings. The van der Waals surface area contributed by atoms with Gasteiger partial charge in [0.1, 0.15) is 0 Å². The van der Waals surface area contributed by atoms with E-state index in [1.54, 1.807) is 6.92 Å². The summed E-state index contributed by atoms with van der Waals surface area (Å²) in [5, 5.41) is 2.69. The van der Waals surface area contributed by atoms with E-state index >= 15 is 0 Å². The van der Waals surface area contributed by atoms with Crippen molar-refractivity contribution < 1.29 is 8.42 Å². The van der Waals surface area contributed by atoms with Gasteiger partial charge in [-0.1, -0.05) is 38.1 Å². The van der Waals surface area contributed by atoms with Gasteiger partial charge >= 0.3 is 0 Å². The van der Waals surface area contributed by atoms with Crippen molar-refractivity contribution in [3.63, 3.8) is 0 Å². The van der Waals surface area contributed by atoms with Gasteiger partial charge in [-0.15, -0.1) is 0 Å². The van der Waals surface area contributed by atoms with Crippen LogP contribution in [0.1, 0.15) is 44.9 Å². The second-order valence-electron chi connectivity index (χ2n) is 5.61. The summed E-state index contributed by atoms with van der Waals surface area (Å²) in [4.78, 5) is 0. The van der Waals surface area contributed by atoms with E-state index in [-0.39, 0.29) is 12.1 Å². The molecule has 0 fully saturated rings. The Bertz CT molecular complexity index is 526. The molecule has 0 spiro atoms. The molecule has 2 unspecified atom stereocenters. The van der Waals surface area contributed by atoms with Gasteiger partial charge in [0, 0.05) is 18.6 Å². The lowest BCUT2D eigenvalue weighted by atomic mass is 10.0. The van der Waals surface area contributed by atoms with Gasteiger partial charge in [0.15, 0.2) is 0 Å². The van der Waals surface area contributed by atoms with Gasteiger partial charge < -0.3 is 5.32 Å². The Morgan fingerprint density at radius 3 is 2.25 bits per heavy atom. The van der Waals surface area contributed by atoms with E-state index in [1.807, 2.05) is 52.0 Å². The van der Waals surface area contributed by atoms with Gasteiger partial charge in [-0.3, -0.25) is 0 Å². The minimum absolute atomic E-state index is 0.220. The third kappa shape index (κ3) is 4.89. The average Bonchev–Trinajstić information content (AvgIpc) is 2.35. The van der Waals surface area contributed by atoms with Crippen LogP contribution in [0.2, 0.25) is 0 Å². The molecule has 4 nitrogen and oxygen atoms in total. The van der Waals surface area contributed by atoms with Crippen LogP contribution < -0.4 is 10.0 Å². The number of rotatable bonds is 7. The Kier molecular flexibility index (Phi) is 6.17. The van der Waals surface area contributed by atoms with Crippen molar-refractivity contribution in [2.24, 2.45) is 0 Å². The van der Waals surface area contributed by atoms with Crippen LogP contribution in [0.15, 0.2) is 24.3 Å². The lowest BCUT2D eigenvalue weighted by molar-refractivity contribution is 0.531. The summed E-state index contributed by atoms with van der Waals surface area (Å²) in [6, 6.07) is 7.89. The molecule has 0 heterocycles. The predicted molar refractivity (Wildman–Crippen MR) is 84.3 cm³/mol. The maximum absolute atomic E-state index is 12.3. The number of benzene rings is 1. The molecule has 0 amide bonds. The second-order valence-corrected chi connectivity index (χ2v) is 7.75. The van der Waals surface area contributed by atoms with Crippen molar-refractivity contribution in [1.29, 1.82) is 0 Å². The van der Waals surface area contributed by atoms with E-state index in [0.717, 1.165) is 11.1 Å². The Morgan fingerprint density at radius 1 is 1.10 bits per heavy atom. The first-order chi connectivity index (χ1) is 9.24. The van der Waals surface area contributed by atoms with Gasteiger partial charge in [-0.2, -0.15) is 0 Å². The second kappa shape index (κ2) is 7.20. The molecule has 0 aliphatic heterocycles. The van der Waals surface area contributed by atoms with E-state index in [0.29, 0.717) is 6.54 Å². The number of sulfonamides is 1. The van der Waals surface area contributed by atoms with Crippen LogP contribution in [0.4, 0.5) is 0 Å². The van der Waals surface area contributed by atoms with E-state index < -0.39 is 15.3 Å². The highest BCUT2D eigenvalue weighted by atomic mass is 32.2. The largest absolute Gasteiger partial charge is 0.313 e. The Balaban J connectivity index is 2.73. The summed E-state index contributed by atoms with van der Waals surface area (Å²) in [7, 11) is -3.33. The first kappa shape index (κ1) is 17.1. The molecule has 1 aromatic carbocycles. The van der Waals surface area contributed by atoms with Crippen LogP contribution in [-0.2, 0) is 10.0 Å².